The third kappa shape index (κ3) is 3.38. The van der Waals surface area contributed by atoms with E-state index in [9.17, 15) is 10.1 Å². The first-order valence-corrected chi connectivity index (χ1v) is 7.72. The highest BCUT2D eigenvalue weighted by Gasteiger charge is 2.32. The Labute approximate surface area is 132 Å². The van der Waals surface area contributed by atoms with Crippen LogP contribution in [0.5, 0.6) is 0 Å². The van der Waals surface area contributed by atoms with E-state index < -0.39 is 0 Å². The van der Waals surface area contributed by atoms with Crippen LogP contribution in [0.4, 0.5) is 5.82 Å². The summed E-state index contributed by atoms with van der Waals surface area (Å²) in [7, 11) is 1.88. The summed E-state index contributed by atoms with van der Waals surface area (Å²) in [6, 6.07) is 5.92. The number of pyridine rings is 1. The Kier molecular flexibility index (Phi) is 4.70. The quantitative estimate of drug-likeness (QED) is 0.841. The number of hydrogen-bond acceptors (Lipinski definition) is 4. The maximum absolute atomic E-state index is 12.5. The average Bonchev–Trinajstić information content (AvgIpc) is 2.52. The predicted molar refractivity (Wildman–Crippen MR) is 86.4 cm³/mol. The van der Waals surface area contributed by atoms with E-state index in [1.807, 2.05) is 32.7 Å². The molecular weight excluding hydrogens is 276 g/mol. The normalized spacial score (nSPS) is 18.7. The molecule has 1 aromatic heterocycles. The molecule has 1 saturated heterocycles. The summed E-state index contributed by atoms with van der Waals surface area (Å²) < 4.78 is 0. The molecule has 1 aliphatic heterocycles. The number of nitriles is 1. The number of likely N-dealkylation sites (N-methyl/N-ethyl adjacent to an activating group) is 1. The van der Waals surface area contributed by atoms with Crippen molar-refractivity contribution in [2.24, 2.45) is 5.41 Å². The summed E-state index contributed by atoms with van der Waals surface area (Å²) in [6.07, 6.45) is 3.70. The van der Waals surface area contributed by atoms with Crippen molar-refractivity contribution >= 4 is 11.7 Å². The van der Waals surface area contributed by atoms with Crippen LogP contribution in [0.3, 0.4) is 0 Å². The van der Waals surface area contributed by atoms with Crippen LogP contribution in [-0.4, -0.2) is 42.0 Å². The van der Waals surface area contributed by atoms with Crippen LogP contribution < -0.4 is 4.90 Å². The lowest BCUT2D eigenvalue weighted by molar-refractivity contribution is -0.140. The van der Waals surface area contributed by atoms with Crippen LogP contribution in [0.1, 0.15) is 39.2 Å². The van der Waals surface area contributed by atoms with E-state index in [0.717, 1.165) is 31.7 Å². The van der Waals surface area contributed by atoms with E-state index in [-0.39, 0.29) is 17.4 Å². The number of piperidine rings is 1. The number of amides is 1. The van der Waals surface area contributed by atoms with E-state index >= 15 is 0 Å². The van der Waals surface area contributed by atoms with Crippen molar-refractivity contribution in [1.29, 1.82) is 5.26 Å². The molecule has 0 N–H and O–H groups in total. The predicted octanol–water partition coefficient (Wildman–Crippen LogP) is 2.43. The number of rotatable bonds is 2. The summed E-state index contributed by atoms with van der Waals surface area (Å²) in [4.78, 5) is 20.8. The van der Waals surface area contributed by atoms with Crippen LogP contribution in [0.2, 0.25) is 0 Å². The van der Waals surface area contributed by atoms with Crippen LogP contribution in [-0.2, 0) is 4.79 Å². The minimum absolute atomic E-state index is 0.154. The third-order valence-corrected chi connectivity index (χ3v) is 4.11. The van der Waals surface area contributed by atoms with Crippen LogP contribution in [0, 0.1) is 16.7 Å². The highest BCUT2D eigenvalue weighted by Crippen LogP contribution is 2.25. The number of carbonyl (C=O) groups excluding carboxylic acids is 1. The fraction of sp³-hybridized carbons (Fsp3) is 0.588. The second kappa shape index (κ2) is 6.35. The van der Waals surface area contributed by atoms with E-state index in [1.54, 1.807) is 18.3 Å². The summed E-state index contributed by atoms with van der Waals surface area (Å²) in [5, 5.41) is 9.24. The lowest BCUT2D eigenvalue weighted by Gasteiger charge is -2.40. The highest BCUT2D eigenvalue weighted by atomic mass is 16.2. The van der Waals surface area contributed by atoms with Gasteiger partial charge in [0.05, 0.1) is 5.56 Å². The Hall–Kier alpha value is -2.09. The Balaban J connectivity index is 2.16. The molecule has 1 aromatic rings. The molecule has 1 aliphatic rings. The van der Waals surface area contributed by atoms with Gasteiger partial charge in [0, 0.05) is 37.8 Å². The molecule has 5 heteroatoms. The molecule has 0 saturated carbocycles. The second-order valence-electron chi connectivity index (χ2n) is 6.89. The number of carbonyl (C=O) groups is 1. The Morgan fingerprint density at radius 3 is 2.86 bits per heavy atom. The Bertz CT molecular complexity index is 585. The molecule has 1 unspecified atom stereocenters. The van der Waals surface area contributed by atoms with Gasteiger partial charge in [-0.25, -0.2) is 4.98 Å². The first-order chi connectivity index (χ1) is 10.3. The molecule has 2 heterocycles. The molecule has 0 aromatic carbocycles. The first kappa shape index (κ1) is 16.3. The summed E-state index contributed by atoms with van der Waals surface area (Å²) in [6.45, 7) is 7.43. The molecule has 0 bridgehead atoms. The average molecular weight is 300 g/mol. The van der Waals surface area contributed by atoms with Gasteiger partial charge in [-0.1, -0.05) is 20.8 Å². The molecule has 0 radical (unpaired) electrons. The zero-order chi connectivity index (χ0) is 16.3. The molecule has 0 spiro atoms. The maximum Gasteiger partial charge on any atom is 0.227 e. The molecule has 118 valence electrons. The zero-order valence-electron chi connectivity index (χ0n) is 13.8. The largest absolute Gasteiger partial charge is 0.353 e. The van der Waals surface area contributed by atoms with E-state index in [2.05, 4.69) is 16.0 Å². The van der Waals surface area contributed by atoms with Crippen molar-refractivity contribution in [3.8, 4) is 6.07 Å². The molecule has 2 rings (SSSR count). The standard InChI is InChI=1S/C17H24N4O/c1-17(2,3)16(22)20(4)14-8-6-10-21(12-14)15-13(11-18)7-5-9-19-15/h5,7,9,14H,6,8,10,12H2,1-4H3. The van der Waals surface area contributed by atoms with Crippen LogP contribution >= 0.6 is 0 Å². The Morgan fingerprint density at radius 1 is 1.50 bits per heavy atom. The highest BCUT2D eigenvalue weighted by molar-refractivity contribution is 5.81. The third-order valence-electron chi connectivity index (χ3n) is 4.11. The summed E-state index contributed by atoms with van der Waals surface area (Å²) in [5.74, 6) is 0.882. The van der Waals surface area contributed by atoms with E-state index in [0.29, 0.717) is 5.56 Å². The van der Waals surface area contributed by atoms with Crippen LogP contribution in [0.15, 0.2) is 18.3 Å². The molecule has 1 amide bonds. The second-order valence-corrected chi connectivity index (χ2v) is 6.89. The van der Waals surface area contributed by atoms with Crippen molar-refractivity contribution < 1.29 is 4.79 Å². The number of nitrogens with zero attached hydrogens (tertiary/aromatic N) is 4. The zero-order valence-corrected chi connectivity index (χ0v) is 13.8. The van der Waals surface area contributed by atoms with Gasteiger partial charge in [0.15, 0.2) is 0 Å². The molecule has 1 fully saturated rings. The number of hydrogen-bond donors (Lipinski definition) is 0. The van der Waals surface area contributed by atoms with Gasteiger partial charge in [0.2, 0.25) is 5.91 Å². The molecular formula is C17H24N4O. The first-order valence-electron chi connectivity index (χ1n) is 7.72. The molecule has 0 aliphatic carbocycles. The van der Waals surface area contributed by atoms with Gasteiger partial charge >= 0.3 is 0 Å². The van der Waals surface area contributed by atoms with Gasteiger partial charge in [-0.15, -0.1) is 0 Å². The van der Waals surface area contributed by atoms with Gasteiger partial charge in [0.1, 0.15) is 11.9 Å². The monoisotopic (exact) mass is 300 g/mol. The maximum atomic E-state index is 12.5. The fourth-order valence-corrected chi connectivity index (χ4v) is 2.89. The van der Waals surface area contributed by atoms with Gasteiger partial charge in [0.25, 0.3) is 0 Å². The van der Waals surface area contributed by atoms with Gasteiger partial charge in [-0.3, -0.25) is 4.79 Å². The van der Waals surface area contributed by atoms with Crippen molar-refractivity contribution in [3.05, 3.63) is 23.9 Å². The topological polar surface area (TPSA) is 60.2 Å². The van der Waals surface area contributed by atoms with Gasteiger partial charge < -0.3 is 9.80 Å². The molecule has 5 nitrogen and oxygen atoms in total. The minimum Gasteiger partial charge on any atom is -0.353 e. The van der Waals surface area contributed by atoms with Crippen molar-refractivity contribution in [2.75, 3.05) is 25.0 Å². The fourth-order valence-electron chi connectivity index (χ4n) is 2.89. The Morgan fingerprint density at radius 2 is 2.23 bits per heavy atom. The summed E-state index contributed by atoms with van der Waals surface area (Å²) in [5.41, 5.74) is 0.216. The molecule has 22 heavy (non-hydrogen) atoms. The van der Waals surface area contributed by atoms with Crippen molar-refractivity contribution in [1.82, 2.24) is 9.88 Å². The van der Waals surface area contributed by atoms with E-state index in [4.69, 9.17) is 0 Å². The van der Waals surface area contributed by atoms with Gasteiger partial charge in [-0.2, -0.15) is 5.26 Å². The summed E-state index contributed by atoms with van der Waals surface area (Å²) >= 11 is 0. The number of aromatic nitrogens is 1. The number of anilines is 1. The van der Waals surface area contributed by atoms with Crippen LogP contribution in [0.25, 0.3) is 0 Å². The lowest BCUT2D eigenvalue weighted by atomic mass is 9.93. The van der Waals surface area contributed by atoms with Crippen molar-refractivity contribution in [2.45, 2.75) is 39.7 Å². The molecule has 1 atom stereocenters. The van der Waals surface area contributed by atoms with Gasteiger partial charge in [-0.05, 0) is 25.0 Å². The lowest BCUT2D eigenvalue weighted by Crippen LogP contribution is -2.51. The van der Waals surface area contributed by atoms with Crippen molar-refractivity contribution in [3.63, 3.8) is 0 Å². The minimum atomic E-state index is -0.375. The smallest absolute Gasteiger partial charge is 0.227 e. The van der Waals surface area contributed by atoms with E-state index in [1.165, 1.54) is 0 Å². The SMILES string of the molecule is CN(C(=O)C(C)(C)C)C1CCCN(c2ncccc2C#N)C1.